The molecule has 0 aliphatic heterocycles. The average molecular weight is 425 g/mol. The van der Waals surface area contributed by atoms with Gasteiger partial charge in [-0.05, 0) is 25.1 Å². The molecule has 9 nitrogen and oxygen atoms in total. The zero-order valence-electron chi connectivity index (χ0n) is 15.5. The number of aryl methyl sites for hydroxylation is 1. The van der Waals surface area contributed by atoms with E-state index in [1.165, 1.54) is 25.3 Å². The molecule has 1 amide bonds. The maximum absolute atomic E-state index is 12.4. The van der Waals surface area contributed by atoms with Crippen molar-refractivity contribution in [3.05, 3.63) is 42.0 Å². The number of anilines is 1. The predicted octanol–water partition coefficient (Wildman–Crippen LogP) is 2.96. The lowest BCUT2D eigenvalue weighted by Gasteiger charge is -2.11. The van der Waals surface area contributed by atoms with Crippen molar-refractivity contribution >= 4 is 23.4 Å². The van der Waals surface area contributed by atoms with Crippen LogP contribution in [0.1, 0.15) is 11.6 Å². The third-order valence-electron chi connectivity index (χ3n) is 3.65. The maximum atomic E-state index is 12.4. The summed E-state index contributed by atoms with van der Waals surface area (Å²) in [6.45, 7) is -0.729. The molecule has 29 heavy (non-hydrogen) atoms. The first-order chi connectivity index (χ1) is 13.9. The van der Waals surface area contributed by atoms with E-state index in [4.69, 9.17) is 9.15 Å². The first-order valence-corrected chi connectivity index (χ1v) is 9.29. The third kappa shape index (κ3) is 5.67. The molecule has 0 fully saturated rings. The number of carbonyl (C=O) groups excluding carboxylic acids is 1. The lowest BCUT2D eigenvalue weighted by Crippen LogP contribution is -2.14. The summed E-state index contributed by atoms with van der Waals surface area (Å²) >= 11 is 1.07. The van der Waals surface area contributed by atoms with Crippen LogP contribution in [0.15, 0.2) is 40.1 Å². The second-order valence-corrected chi connectivity index (χ2v) is 6.60. The Balaban J connectivity index is 1.53. The van der Waals surface area contributed by atoms with Crippen LogP contribution < -0.4 is 14.8 Å². The molecule has 2 aromatic heterocycles. The molecule has 1 N–H and O–H groups in total. The third-order valence-corrected chi connectivity index (χ3v) is 4.47. The number of aromatic nitrogens is 4. The van der Waals surface area contributed by atoms with Crippen molar-refractivity contribution in [3.63, 3.8) is 0 Å². The van der Waals surface area contributed by atoms with Gasteiger partial charge in [-0.3, -0.25) is 9.48 Å². The molecule has 0 spiro atoms. The smallest absolute Gasteiger partial charge is 0.387 e. The first kappa shape index (κ1) is 20.6. The normalized spacial score (nSPS) is 10.9. The Labute approximate surface area is 168 Å². The Hall–Kier alpha value is -3.15. The van der Waals surface area contributed by atoms with Crippen molar-refractivity contribution in [2.24, 2.45) is 0 Å². The largest absolute Gasteiger partial charge is 0.493 e. The molecule has 0 radical (unpaired) electrons. The van der Waals surface area contributed by atoms with Crippen LogP contribution >= 0.6 is 11.8 Å². The van der Waals surface area contributed by atoms with Gasteiger partial charge in [-0.25, -0.2) is 0 Å². The van der Waals surface area contributed by atoms with E-state index in [1.807, 2.05) is 13.0 Å². The van der Waals surface area contributed by atoms with E-state index < -0.39 is 6.61 Å². The van der Waals surface area contributed by atoms with Crippen LogP contribution in [0.25, 0.3) is 0 Å². The quantitative estimate of drug-likeness (QED) is 0.522. The Morgan fingerprint density at radius 1 is 1.31 bits per heavy atom. The molecule has 0 bridgehead atoms. The molecule has 1 aromatic carbocycles. The Morgan fingerprint density at radius 3 is 2.83 bits per heavy atom. The number of carbonyl (C=O) groups is 1. The number of amides is 1. The summed E-state index contributed by atoms with van der Waals surface area (Å²) in [5.74, 6) is -0.00626. The number of halogens is 2. The fraction of sp³-hybridized carbons (Fsp3) is 0.294. The van der Waals surface area contributed by atoms with Crippen LogP contribution in [0, 0.1) is 6.92 Å². The molecule has 0 aliphatic carbocycles. The van der Waals surface area contributed by atoms with E-state index in [9.17, 15) is 13.6 Å². The average Bonchev–Trinajstić information content (AvgIpc) is 3.30. The second kappa shape index (κ2) is 9.37. The number of nitrogens with one attached hydrogen (secondary N) is 1. The topological polar surface area (TPSA) is 104 Å². The van der Waals surface area contributed by atoms with Crippen molar-refractivity contribution in [1.82, 2.24) is 20.0 Å². The fourth-order valence-corrected chi connectivity index (χ4v) is 2.90. The number of nitrogens with zero attached hydrogens (tertiary/aromatic N) is 4. The number of methoxy groups -OCH3 is 1. The standard InChI is InChI=1S/C17H17F2N5O4S/c1-10-5-6-20-24(10)8-15-22-23-17(28-15)29-9-14(25)21-11-3-4-12(27-16(18)19)13(7-11)26-2/h3-7,16H,8-9H2,1-2H3,(H,21,25). The van der Waals surface area contributed by atoms with Crippen LogP contribution in [-0.4, -0.2) is 45.4 Å². The molecular weight excluding hydrogens is 408 g/mol. The number of ether oxygens (including phenoxy) is 2. The summed E-state index contributed by atoms with van der Waals surface area (Å²) in [7, 11) is 1.31. The number of hydrogen-bond acceptors (Lipinski definition) is 8. The highest BCUT2D eigenvalue weighted by Gasteiger charge is 2.14. The molecule has 0 saturated carbocycles. The SMILES string of the molecule is COc1cc(NC(=O)CSc2nnc(Cn3nccc3C)o2)ccc1OC(F)F. The lowest BCUT2D eigenvalue weighted by molar-refractivity contribution is -0.113. The zero-order chi connectivity index (χ0) is 20.8. The fourth-order valence-electron chi connectivity index (χ4n) is 2.32. The molecule has 3 rings (SSSR count). The van der Waals surface area contributed by atoms with Crippen molar-refractivity contribution < 1.29 is 27.5 Å². The summed E-state index contributed by atoms with van der Waals surface area (Å²) in [5, 5.41) is 14.8. The van der Waals surface area contributed by atoms with E-state index in [1.54, 1.807) is 10.9 Å². The van der Waals surface area contributed by atoms with Gasteiger partial charge in [0.2, 0.25) is 11.8 Å². The predicted molar refractivity (Wildman–Crippen MR) is 99.3 cm³/mol. The van der Waals surface area contributed by atoms with Gasteiger partial charge in [-0.2, -0.15) is 13.9 Å². The van der Waals surface area contributed by atoms with Crippen molar-refractivity contribution in [2.45, 2.75) is 25.3 Å². The highest BCUT2D eigenvalue weighted by Crippen LogP contribution is 2.31. The molecule has 0 atom stereocenters. The van der Waals surface area contributed by atoms with Crippen LogP contribution in [0.2, 0.25) is 0 Å². The summed E-state index contributed by atoms with van der Waals surface area (Å²) in [6, 6.07) is 5.96. The summed E-state index contributed by atoms with van der Waals surface area (Å²) < 4.78 is 41.3. The van der Waals surface area contributed by atoms with E-state index >= 15 is 0 Å². The van der Waals surface area contributed by atoms with Gasteiger partial charge in [0.25, 0.3) is 5.22 Å². The zero-order valence-corrected chi connectivity index (χ0v) is 16.3. The molecule has 3 aromatic rings. The Morgan fingerprint density at radius 2 is 2.14 bits per heavy atom. The van der Waals surface area contributed by atoms with Gasteiger partial charge in [0.15, 0.2) is 11.5 Å². The number of benzene rings is 1. The molecule has 2 heterocycles. The van der Waals surface area contributed by atoms with Crippen molar-refractivity contribution in [1.29, 1.82) is 0 Å². The first-order valence-electron chi connectivity index (χ1n) is 8.31. The minimum absolute atomic E-state index is 0.0139. The van der Waals surface area contributed by atoms with Crippen LogP contribution in [-0.2, 0) is 11.3 Å². The van der Waals surface area contributed by atoms with Gasteiger partial charge in [0.1, 0.15) is 6.54 Å². The Bertz CT molecular complexity index is 978. The van der Waals surface area contributed by atoms with E-state index in [2.05, 4.69) is 25.3 Å². The molecule has 154 valence electrons. The summed E-state index contributed by atoms with van der Waals surface area (Å²) in [6.07, 6.45) is 1.67. The van der Waals surface area contributed by atoms with Crippen molar-refractivity contribution in [2.75, 3.05) is 18.2 Å². The molecule has 0 saturated heterocycles. The summed E-state index contributed by atoms with van der Waals surface area (Å²) in [5.41, 5.74) is 1.33. The van der Waals surface area contributed by atoms with Crippen LogP contribution in [0.3, 0.4) is 0 Å². The highest BCUT2D eigenvalue weighted by atomic mass is 32.2. The highest BCUT2D eigenvalue weighted by molar-refractivity contribution is 7.99. The van der Waals surface area contributed by atoms with Crippen LogP contribution in [0.4, 0.5) is 14.5 Å². The molecule has 0 unspecified atom stereocenters. The lowest BCUT2D eigenvalue weighted by atomic mass is 10.2. The summed E-state index contributed by atoms with van der Waals surface area (Å²) in [4.78, 5) is 12.1. The number of hydrogen-bond donors (Lipinski definition) is 1. The Kier molecular flexibility index (Phi) is 6.65. The van der Waals surface area contributed by atoms with Gasteiger partial charge in [-0.15, -0.1) is 10.2 Å². The number of alkyl halides is 2. The number of rotatable bonds is 9. The van der Waals surface area contributed by atoms with Gasteiger partial charge in [0, 0.05) is 23.6 Å². The van der Waals surface area contributed by atoms with E-state index in [0.717, 1.165) is 17.5 Å². The minimum atomic E-state index is -2.97. The second-order valence-electron chi connectivity index (χ2n) is 5.67. The molecule has 12 heteroatoms. The van der Waals surface area contributed by atoms with Gasteiger partial charge in [0.05, 0.1) is 12.9 Å². The monoisotopic (exact) mass is 425 g/mol. The van der Waals surface area contributed by atoms with Crippen molar-refractivity contribution in [3.8, 4) is 11.5 Å². The van der Waals surface area contributed by atoms with E-state index in [-0.39, 0.29) is 28.4 Å². The van der Waals surface area contributed by atoms with E-state index in [0.29, 0.717) is 18.1 Å². The van der Waals surface area contributed by atoms with Gasteiger partial charge in [-0.1, -0.05) is 11.8 Å². The van der Waals surface area contributed by atoms with Gasteiger partial charge < -0.3 is 19.2 Å². The minimum Gasteiger partial charge on any atom is -0.493 e. The van der Waals surface area contributed by atoms with Gasteiger partial charge >= 0.3 is 6.61 Å². The molecular formula is C17H17F2N5O4S. The van der Waals surface area contributed by atoms with Crippen LogP contribution in [0.5, 0.6) is 11.5 Å². The molecule has 0 aliphatic rings. The number of thioether (sulfide) groups is 1. The maximum Gasteiger partial charge on any atom is 0.387 e.